The lowest BCUT2D eigenvalue weighted by Gasteiger charge is -2.06. The van der Waals surface area contributed by atoms with Crippen LogP contribution in [0.2, 0.25) is 0 Å². The normalized spacial score (nSPS) is 11.9. The molecule has 0 radical (unpaired) electrons. The molecule has 0 aromatic heterocycles. The summed E-state index contributed by atoms with van der Waals surface area (Å²) in [6.45, 7) is 4.07. The van der Waals surface area contributed by atoms with Gasteiger partial charge in [0.25, 0.3) is 0 Å². The first-order chi connectivity index (χ1) is 7.89. The Kier molecular flexibility index (Phi) is 5.00. The van der Waals surface area contributed by atoms with Gasteiger partial charge in [-0.15, -0.1) is 0 Å². The molecule has 17 heavy (non-hydrogen) atoms. The molecule has 0 unspecified atom stereocenters. The molecule has 1 aromatic rings. The Hall–Kier alpha value is -1.03. The van der Waals surface area contributed by atoms with Crippen molar-refractivity contribution in [2.75, 3.05) is 17.2 Å². The number of benzene rings is 1. The number of sulfone groups is 1. The third-order valence-corrected chi connectivity index (χ3v) is 4.37. The molecule has 0 saturated carbocycles. The highest BCUT2D eigenvalue weighted by Crippen LogP contribution is 2.09. The second-order valence-corrected chi connectivity index (χ2v) is 7.13. The summed E-state index contributed by atoms with van der Waals surface area (Å²) in [4.78, 5) is 0. The van der Waals surface area contributed by atoms with E-state index in [0.717, 1.165) is 12.0 Å². The van der Waals surface area contributed by atoms with Gasteiger partial charge in [-0.25, -0.2) is 8.42 Å². The van der Waals surface area contributed by atoms with Gasteiger partial charge >= 0.3 is 0 Å². The fourth-order valence-electron chi connectivity index (χ4n) is 1.47. The van der Waals surface area contributed by atoms with Gasteiger partial charge in [-0.05, 0) is 36.5 Å². The molecule has 0 aliphatic carbocycles. The number of aryl methyl sites for hydroxylation is 1. The van der Waals surface area contributed by atoms with Gasteiger partial charge in [0, 0.05) is 5.69 Å². The van der Waals surface area contributed by atoms with Crippen LogP contribution in [-0.2, 0) is 16.3 Å². The number of rotatable bonds is 6. The van der Waals surface area contributed by atoms with Crippen LogP contribution >= 0.6 is 0 Å². The molecule has 96 valence electrons. The molecule has 0 spiro atoms. The molecule has 0 amide bonds. The van der Waals surface area contributed by atoms with Crippen molar-refractivity contribution in [3.63, 3.8) is 0 Å². The molecule has 0 fully saturated rings. The number of nitrogens with two attached hydrogens (primary N) is 1. The molecule has 1 aromatic carbocycles. The van der Waals surface area contributed by atoms with Crippen LogP contribution in [0, 0.1) is 5.92 Å². The maximum Gasteiger partial charge on any atom is 0.150 e. The molecule has 0 saturated heterocycles. The molecule has 4 heteroatoms. The van der Waals surface area contributed by atoms with Crippen molar-refractivity contribution >= 4 is 15.5 Å². The molecule has 0 aliphatic heterocycles. The Bertz CT molecular complexity index is 435. The lowest BCUT2D eigenvalue weighted by atomic mass is 10.1. The van der Waals surface area contributed by atoms with Gasteiger partial charge in [0.2, 0.25) is 0 Å². The molecular weight excluding hydrogens is 234 g/mol. The van der Waals surface area contributed by atoms with Crippen LogP contribution in [0.5, 0.6) is 0 Å². The van der Waals surface area contributed by atoms with E-state index in [-0.39, 0.29) is 5.75 Å². The topological polar surface area (TPSA) is 60.2 Å². The lowest BCUT2D eigenvalue weighted by Crippen LogP contribution is -2.14. The molecule has 1 rings (SSSR count). The van der Waals surface area contributed by atoms with E-state index in [1.54, 1.807) is 12.1 Å². The predicted molar refractivity (Wildman–Crippen MR) is 72.7 cm³/mol. The number of anilines is 1. The van der Waals surface area contributed by atoms with Crippen molar-refractivity contribution in [3.8, 4) is 0 Å². The molecule has 0 atom stereocenters. The standard InChI is InChI=1S/C13H21NO2S/c1-11(2)7-9-17(15,16)10-8-12-3-5-13(14)6-4-12/h3-6,11H,7-10,14H2,1-2H3. The summed E-state index contributed by atoms with van der Waals surface area (Å²) in [5.74, 6) is 0.949. The fraction of sp³-hybridized carbons (Fsp3) is 0.538. The van der Waals surface area contributed by atoms with E-state index < -0.39 is 9.84 Å². The number of hydrogen-bond donors (Lipinski definition) is 1. The quantitative estimate of drug-likeness (QED) is 0.793. The van der Waals surface area contributed by atoms with Gasteiger partial charge < -0.3 is 5.73 Å². The second-order valence-electron chi connectivity index (χ2n) is 4.83. The largest absolute Gasteiger partial charge is 0.399 e. The van der Waals surface area contributed by atoms with Gasteiger partial charge in [-0.1, -0.05) is 26.0 Å². The van der Waals surface area contributed by atoms with E-state index in [1.165, 1.54) is 0 Å². The van der Waals surface area contributed by atoms with Crippen LogP contribution in [0.25, 0.3) is 0 Å². The first kappa shape index (κ1) is 14.0. The number of nitrogen functional groups attached to an aromatic ring is 1. The third kappa shape index (κ3) is 5.73. The highest BCUT2D eigenvalue weighted by Gasteiger charge is 2.11. The summed E-state index contributed by atoms with van der Waals surface area (Å²) in [6.07, 6.45) is 1.31. The SMILES string of the molecule is CC(C)CCS(=O)(=O)CCc1ccc(N)cc1. The second kappa shape index (κ2) is 6.05. The number of hydrogen-bond acceptors (Lipinski definition) is 3. The van der Waals surface area contributed by atoms with Gasteiger partial charge in [0.1, 0.15) is 0 Å². The van der Waals surface area contributed by atoms with Crippen molar-refractivity contribution < 1.29 is 8.42 Å². The van der Waals surface area contributed by atoms with Gasteiger partial charge in [-0.3, -0.25) is 0 Å². The summed E-state index contributed by atoms with van der Waals surface area (Å²) in [6, 6.07) is 7.37. The Morgan fingerprint density at radius 1 is 1.12 bits per heavy atom. The summed E-state index contributed by atoms with van der Waals surface area (Å²) < 4.78 is 23.5. The van der Waals surface area contributed by atoms with E-state index in [1.807, 2.05) is 26.0 Å². The smallest absolute Gasteiger partial charge is 0.150 e. The van der Waals surface area contributed by atoms with E-state index in [2.05, 4.69) is 0 Å². The third-order valence-electron chi connectivity index (χ3n) is 2.69. The monoisotopic (exact) mass is 255 g/mol. The van der Waals surface area contributed by atoms with Crippen LogP contribution in [0.3, 0.4) is 0 Å². The highest BCUT2D eigenvalue weighted by molar-refractivity contribution is 7.91. The summed E-state index contributed by atoms with van der Waals surface area (Å²) in [7, 11) is -2.92. The zero-order chi connectivity index (χ0) is 12.9. The Balaban J connectivity index is 2.47. The summed E-state index contributed by atoms with van der Waals surface area (Å²) in [5, 5.41) is 0. The zero-order valence-corrected chi connectivity index (χ0v) is 11.3. The molecule has 0 heterocycles. The minimum absolute atomic E-state index is 0.226. The minimum Gasteiger partial charge on any atom is -0.399 e. The van der Waals surface area contributed by atoms with E-state index in [4.69, 9.17) is 5.73 Å². The fourth-order valence-corrected chi connectivity index (χ4v) is 3.06. The van der Waals surface area contributed by atoms with Crippen molar-refractivity contribution in [3.05, 3.63) is 29.8 Å². The average molecular weight is 255 g/mol. The lowest BCUT2D eigenvalue weighted by molar-refractivity contribution is 0.573. The van der Waals surface area contributed by atoms with Crippen LogP contribution in [0.1, 0.15) is 25.8 Å². The van der Waals surface area contributed by atoms with Crippen molar-refractivity contribution in [1.29, 1.82) is 0 Å². The van der Waals surface area contributed by atoms with Crippen LogP contribution in [-0.4, -0.2) is 19.9 Å². The average Bonchev–Trinajstić information content (AvgIpc) is 2.26. The molecule has 2 N–H and O–H groups in total. The minimum atomic E-state index is -2.92. The van der Waals surface area contributed by atoms with Crippen molar-refractivity contribution in [2.45, 2.75) is 26.7 Å². The first-order valence-corrected chi connectivity index (χ1v) is 7.76. The van der Waals surface area contributed by atoms with Gasteiger partial charge in [0.15, 0.2) is 9.84 Å². The van der Waals surface area contributed by atoms with E-state index in [0.29, 0.717) is 23.8 Å². The van der Waals surface area contributed by atoms with Crippen molar-refractivity contribution in [2.24, 2.45) is 5.92 Å². The van der Waals surface area contributed by atoms with Crippen LogP contribution in [0.15, 0.2) is 24.3 Å². The molecular formula is C13H21NO2S. The zero-order valence-electron chi connectivity index (χ0n) is 10.5. The molecule has 3 nitrogen and oxygen atoms in total. The van der Waals surface area contributed by atoms with Crippen molar-refractivity contribution in [1.82, 2.24) is 0 Å². The van der Waals surface area contributed by atoms with E-state index >= 15 is 0 Å². The predicted octanol–water partition coefficient (Wildman–Crippen LogP) is 2.27. The maximum atomic E-state index is 11.8. The Morgan fingerprint density at radius 3 is 2.24 bits per heavy atom. The first-order valence-electron chi connectivity index (χ1n) is 5.94. The maximum absolute atomic E-state index is 11.8. The van der Waals surface area contributed by atoms with Crippen LogP contribution < -0.4 is 5.73 Å². The summed E-state index contributed by atoms with van der Waals surface area (Å²) in [5.41, 5.74) is 7.30. The van der Waals surface area contributed by atoms with Gasteiger partial charge in [-0.2, -0.15) is 0 Å². The highest BCUT2D eigenvalue weighted by atomic mass is 32.2. The Labute approximate surface area is 104 Å². The summed E-state index contributed by atoms with van der Waals surface area (Å²) >= 11 is 0. The Morgan fingerprint density at radius 2 is 1.71 bits per heavy atom. The van der Waals surface area contributed by atoms with Gasteiger partial charge in [0.05, 0.1) is 11.5 Å². The van der Waals surface area contributed by atoms with E-state index in [9.17, 15) is 8.42 Å². The van der Waals surface area contributed by atoms with Crippen LogP contribution in [0.4, 0.5) is 5.69 Å². The molecule has 0 bridgehead atoms. The molecule has 0 aliphatic rings.